The lowest BCUT2D eigenvalue weighted by molar-refractivity contribution is -0.167. The molecule has 0 heterocycles. The summed E-state index contributed by atoms with van der Waals surface area (Å²) in [5.41, 5.74) is 0. The number of ether oxygens (including phenoxy) is 3. The number of unbranched alkanes of at least 4 members (excludes halogenated alkanes) is 40. The number of hydrogen-bond donors (Lipinski definition) is 0. The summed E-state index contributed by atoms with van der Waals surface area (Å²) < 4.78 is 17.0. The lowest BCUT2D eigenvalue weighted by atomic mass is 10.0. The number of carbonyl (C=O) groups excluding carboxylic acids is 3. The second-order valence-corrected chi connectivity index (χ2v) is 23.8. The second kappa shape index (κ2) is 70.1. The minimum atomic E-state index is -0.788. The molecule has 0 aliphatic carbocycles. The van der Waals surface area contributed by atoms with Gasteiger partial charge in [0, 0.05) is 19.3 Å². The molecule has 0 spiro atoms. The smallest absolute Gasteiger partial charge is 0.306 e. The van der Waals surface area contributed by atoms with E-state index in [-0.39, 0.29) is 31.1 Å². The van der Waals surface area contributed by atoms with Crippen molar-refractivity contribution in [2.24, 2.45) is 0 Å². The molecule has 474 valence electrons. The first-order chi connectivity index (χ1) is 40.5. The maximum Gasteiger partial charge on any atom is 0.306 e. The fourth-order valence-corrected chi connectivity index (χ4v) is 10.3. The van der Waals surface area contributed by atoms with Crippen molar-refractivity contribution in [1.29, 1.82) is 0 Å². The van der Waals surface area contributed by atoms with Crippen molar-refractivity contribution >= 4 is 17.9 Å². The lowest BCUT2D eigenvalue weighted by Crippen LogP contribution is -2.30. The summed E-state index contributed by atoms with van der Waals surface area (Å²) in [6.45, 7) is 6.55. The van der Waals surface area contributed by atoms with Crippen molar-refractivity contribution in [2.45, 2.75) is 367 Å². The SMILES string of the molecule is CC/C=C\C/C=C\C/C=C\C/C=C\C/C=C\CCCCCCCCCC(=O)OC(COC(=O)CCCCCCC/C=C\CCCCCCC)COC(=O)CCCCCCCCCCCCCCCCC/C=C\CCCCCCCCCC. The van der Waals surface area contributed by atoms with Crippen molar-refractivity contribution in [3.8, 4) is 0 Å². The molecule has 6 nitrogen and oxygen atoms in total. The van der Waals surface area contributed by atoms with Crippen LogP contribution in [0.5, 0.6) is 0 Å². The molecule has 0 saturated heterocycles. The van der Waals surface area contributed by atoms with E-state index in [1.165, 1.54) is 218 Å². The first-order valence-electron chi connectivity index (χ1n) is 35.6. The van der Waals surface area contributed by atoms with Gasteiger partial charge in [0.1, 0.15) is 13.2 Å². The zero-order chi connectivity index (χ0) is 59.2. The van der Waals surface area contributed by atoms with Gasteiger partial charge < -0.3 is 14.2 Å². The first kappa shape index (κ1) is 78.6. The summed E-state index contributed by atoms with van der Waals surface area (Å²) >= 11 is 0. The Labute approximate surface area is 509 Å². The van der Waals surface area contributed by atoms with Crippen LogP contribution in [-0.2, 0) is 28.6 Å². The average Bonchev–Trinajstić information content (AvgIpc) is 3.47. The zero-order valence-electron chi connectivity index (χ0n) is 54.5. The minimum absolute atomic E-state index is 0.0812. The van der Waals surface area contributed by atoms with Gasteiger partial charge in [-0.1, -0.05) is 311 Å². The third-order valence-electron chi connectivity index (χ3n) is 15.6. The third kappa shape index (κ3) is 67.4. The third-order valence-corrected chi connectivity index (χ3v) is 15.6. The molecule has 0 aliphatic heterocycles. The van der Waals surface area contributed by atoms with Crippen molar-refractivity contribution in [3.63, 3.8) is 0 Å². The molecular weight excluding hydrogens is 1010 g/mol. The predicted molar refractivity (Wildman–Crippen MR) is 358 cm³/mol. The van der Waals surface area contributed by atoms with Crippen LogP contribution in [0.3, 0.4) is 0 Å². The zero-order valence-corrected chi connectivity index (χ0v) is 54.5. The van der Waals surface area contributed by atoms with Crippen LogP contribution in [-0.4, -0.2) is 37.2 Å². The van der Waals surface area contributed by atoms with Crippen LogP contribution in [0.1, 0.15) is 361 Å². The van der Waals surface area contributed by atoms with E-state index in [0.717, 1.165) is 103 Å². The Morgan fingerprint density at radius 2 is 0.476 bits per heavy atom. The van der Waals surface area contributed by atoms with Crippen molar-refractivity contribution in [3.05, 3.63) is 85.1 Å². The second-order valence-electron chi connectivity index (χ2n) is 23.8. The molecule has 0 bridgehead atoms. The molecule has 0 aromatic carbocycles. The summed E-state index contributed by atoms with van der Waals surface area (Å²) in [7, 11) is 0. The molecule has 0 fully saturated rings. The molecule has 0 aromatic rings. The first-order valence-corrected chi connectivity index (χ1v) is 35.6. The van der Waals surface area contributed by atoms with E-state index in [0.29, 0.717) is 19.3 Å². The average molecular weight is 1140 g/mol. The fraction of sp³-hybridized carbons (Fsp3) is 0.776. The number of allylic oxidation sites excluding steroid dienone is 14. The molecule has 0 aromatic heterocycles. The van der Waals surface area contributed by atoms with Crippen molar-refractivity contribution < 1.29 is 28.6 Å². The van der Waals surface area contributed by atoms with E-state index in [2.05, 4.69) is 106 Å². The predicted octanol–water partition coefficient (Wildman–Crippen LogP) is 24.6. The molecule has 1 unspecified atom stereocenters. The van der Waals surface area contributed by atoms with Gasteiger partial charge in [-0.25, -0.2) is 0 Å². The van der Waals surface area contributed by atoms with Gasteiger partial charge in [0.05, 0.1) is 0 Å². The normalized spacial score (nSPS) is 12.6. The van der Waals surface area contributed by atoms with Crippen LogP contribution >= 0.6 is 0 Å². The molecule has 0 rings (SSSR count). The van der Waals surface area contributed by atoms with E-state index in [4.69, 9.17) is 14.2 Å². The Kier molecular flexibility index (Phi) is 67.2. The topological polar surface area (TPSA) is 78.9 Å². The fourth-order valence-electron chi connectivity index (χ4n) is 10.3. The molecule has 6 heteroatoms. The quantitative estimate of drug-likeness (QED) is 0.0261. The van der Waals surface area contributed by atoms with Crippen LogP contribution in [0.25, 0.3) is 0 Å². The van der Waals surface area contributed by atoms with Gasteiger partial charge in [-0.3, -0.25) is 14.4 Å². The van der Waals surface area contributed by atoms with E-state index in [1.807, 2.05) is 0 Å². The molecular formula is C76H134O6. The van der Waals surface area contributed by atoms with E-state index in [1.54, 1.807) is 0 Å². The Morgan fingerprint density at radius 3 is 0.756 bits per heavy atom. The van der Waals surface area contributed by atoms with Crippen molar-refractivity contribution in [2.75, 3.05) is 13.2 Å². The van der Waals surface area contributed by atoms with Crippen LogP contribution in [0.2, 0.25) is 0 Å². The molecule has 0 aliphatic rings. The summed E-state index contributed by atoms with van der Waals surface area (Å²) in [5.74, 6) is -0.884. The highest BCUT2D eigenvalue weighted by atomic mass is 16.6. The van der Waals surface area contributed by atoms with Gasteiger partial charge in [0.25, 0.3) is 0 Å². The molecule has 0 amide bonds. The highest BCUT2D eigenvalue weighted by Crippen LogP contribution is 2.17. The maximum absolute atomic E-state index is 13.0. The van der Waals surface area contributed by atoms with Crippen LogP contribution < -0.4 is 0 Å². The summed E-state index contributed by atoms with van der Waals surface area (Å²) in [4.78, 5) is 38.4. The maximum atomic E-state index is 13.0. The van der Waals surface area contributed by atoms with E-state index >= 15 is 0 Å². The Bertz CT molecular complexity index is 1550. The summed E-state index contributed by atoms with van der Waals surface area (Å²) in [6.07, 6.45) is 93.2. The van der Waals surface area contributed by atoms with Gasteiger partial charge in [-0.2, -0.15) is 0 Å². The Morgan fingerprint density at radius 1 is 0.256 bits per heavy atom. The molecule has 0 N–H and O–H groups in total. The van der Waals surface area contributed by atoms with E-state index in [9.17, 15) is 14.4 Å². The van der Waals surface area contributed by atoms with Gasteiger partial charge in [-0.05, 0) is 116 Å². The number of hydrogen-bond acceptors (Lipinski definition) is 6. The van der Waals surface area contributed by atoms with Gasteiger partial charge in [0.2, 0.25) is 0 Å². The minimum Gasteiger partial charge on any atom is -0.462 e. The van der Waals surface area contributed by atoms with E-state index < -0.39 is 6.10 Å². The molecule has 0 saturated carbocycles. The van der Waals surface area contributed by atoms with Gasteiger partial charge in [-0.15, -0.1) is 0 Å². The van der Waals surface area contributed by atoms with Gasteiger partial charge in [0.15, 0.2) is 6.10 Å². The largest absolute Gasteiger partial charge is 0.462 e. The highest BCUT2D eigenvalue weighted by molar-refractivity contribution is 5.71. The van der Waals surface area contributed by atoms with Crippen molar-refractivity contribution in [1.82, 2.24) is 0 Å². The van der Waals surface area contributed by atoms with Crippen LogP contribution in [0, 0.1) is 0 Å². The monoisotopic (exact) mass is 1140 g/mol. The standard InChI is InChI=1S/C76H134O6/c1-4-7-10-13-16-19-22-25-28-30-32-34-36-37-38-39-41-42-44-46-48-51-54-57-60-63-66-69-75(78)81-72-73(71-80-74(77)68-65-62-59-56-53-50-27-24-21-18-15-12-9-6-3)82-76(79)70-67-64-61-58-55-52-49-47-45-43-40-35-33-31-29-26-23-20-17-14-11-8-5-2/h8,11,17,20,24,26-27,29-30,32-33,35,43,45,73H,4-7,9-10,12-16,18-19,21-23,25,28,31,34,36-42,44,46-72H2,1-3H3/b11-8-,20-17-,27-24-,29-26-,32-30-,35-33-,45-43-. The highest BCUT2D eigenvalue weighted by Gasteiger charge is 2.19. The summed E-state index contributed by atoms with van der Waals surface area (Å²) in [5, 5.41) is 0. The number of rotatable bonds is 65. The van der Waals surface area contributed by atoms with Crippen LogP contribution in [0.15, 0.2) is 85.1 Å². The molecule has 82 heavy (non-hydrogen) atoms. The number of esters is 3. The Hall–Kier alpha value is -3.41. The summed E-state index contributed by atoms with van der Waals surface area (Å²) in [6, 6.07) is 0. The lowest BCUT2D eigenvalue weighted by Gasteiger charge is -2.18. The number of carbonyl (C=O) groups is 3. The molecule has 0 radical (unpaired) electrons. The van der Waals surface area contributed by atoms with Gasteiger partial charge >= 0.3 is 17.9 Å². The molecule has 1 atom stereocenters. The van der Waals surface area contributed by atoms with Crippen LogP contribution in [0.4, 0.5) is 0 Å². The Balaban J connectivity index is 4.30.